The van der Waals surface area contributed by atoms with Crippen molar-refractivity contribution in [2.75, 3.05) is 20.8 Å². The van der Waals surface area contributed by atoms with Gasteiger partial charge in [-0.1, -0.05) is 42.5 Å². The molecule has 45 heavy (non-hydrogen) atoms. The van der Waals surface area contributed by atoms with Gasteiger partial charge in [-0.15, -0.1) is 11.3 Å². The number of hydrazine groups is 1. The number of pyridine rings is 1. The first-order valence-electron chi connectivity index (χ1n) is 14.2. The summed E-state index contributed by atoms with van der Waals surface area (Å²) in [6.07, 6.45) is 0.490. The standard InChI is InChI=1S/C34H33N3O7S/c1-5-43-34(40)44-29-21-37(27-13-9-10-14-28(27)42-4)33-30(31(29)39)26(32(45-33)24-15-17-25(41-3)18-16-24)20-36(35-22(2)38)19-23-11-7-6-8-12-23/h6-18,21H,5,19-20H2,1-4H3,(H,35,38). The van der Waals surface area contributed by atoms with Gasteiger partial charge in [-0.3, -0.25) is 15.0 Å². The van der Waals surface area contributed by atoms with Crippen LogP contribution in [0, 0.1) is 0 Å². The van der Waals surface area contributed by atoms with E-state index in [4.69, 9.17) is 18.9 Å². The number of amides is 1. The van der Waals surface area contributed by atoms with E-state index >= 15 is 0 Å². The van der Waals surface area contributed by atoms with E-state index in [2.05, 4.69) is 5.43 Å². The molecule has 0 aliphatic carbocycles. The van der Waals surface area contributed by atoms with Crippen LogP contribution in [0.15, 0.2) is 89.9 Å². The Morgan fingerprint density at radius 2 is 1.60 bits per heavy atom. The Bertz CT molecular complexity index is 1870. The van der Waals surface area contributed by atoms with Crippen molar-refractivity contribution in [2.45, 2.75) is 26.9 Å². The van der Waals surface area contributed by atoms with E-state index in [0.717, 1.165) is 16.0 Å². The number of methoxy groups -OCH3 is 2. The second-order valence-corrected chi connectivity index (χ2v) is 11.0. The van der Waals surface area contributed by atoms with Crippen LogP contribution in [0.3, 0.4) is 0 Å². The zero-order valence-electron chi connectivity index (χ0n) is 25.4. The van der Waals surface area contributed by atoms with Crippen molar-refractivity contribution in [3.63, 3.8) is 0 Å². The van der Waals surface area contributed by atoms with Gasteiger partial charge in [0.1, 0.15) is 16.3 Å². The van der Waals surface area contributed by atoms with Gasteiger partial charge in [-0.2, -0.15) is 0 Å². The maximum absolute atomic E-state index is 14.2. The minimum Gasteiger partial charge on any atom is -0.497 e. The summed E-state index contributed by atoms with van der Waals surface area (Å²) in [5.74, 6) is 0.772. The maximum Gasteiger partial charge on any atom is 0.514 e. The Labute approximate surface area is 264 Å². The summed E-state index contributed by atoms with van der Waals surface area (Å²) in [6, 6.07) is 24.6. The lowest BCUT2D eigenvalue weighted by atomic mass is 10.1. The smallest absolute Gasteiger partial charge is 0.497 e. The van der Waals surface area contributed by atoms with E-state index in [1.807, 2.05) is 78.9 Å². The molecule has 2 heterocycles. The molecule has 0 unspecified atom stereocenters. The zero-order chi connectivity index (χ0) is 31.9. The molecule has 11 heteroatoms. The van der Waals surface area contributed by atoms with Crippen LogP contribution in [0.5, 0.6) is 17.2 Å². The van der Waals surface area contributed by atoms with Gasteiger partial charge < -0.3 is 23.5 Å². The Hall–Kier alpha value is -5.13. The van der Waals surface area contributed by atoms with Crippen molar-refractivity contribution in [3.8, 4) is 33.4 Å². The molecule has 232 valence electrons. The molecule has 0 fully saturated rings. The number of hydrogen-bond donors (Lipinski definition) is 1. The summed E-state index contributed by atoms with van der Waals surface area (Å²) < 4.78 is 23.3. The maximum atomic E-state index is 14.2. The number of ether oxygens (including phenoxy) is 4. The molecule has 0 saturated carbocycles. The molecule has 3 aromatic carbocycles. The fourth-order valence-corrected chi connectivity index (χ4v) is 6.31. The largest absolute Gasteiger partial charge is 0.514 e. The highest BCUT2D eigenvalue weighted by atomic mass is 32.1. The second kappa shape index (κ2) is 14.1. The highest BCUT2D eigenvalue weighted by Gasteiger charge is 2.26. The average Bonchev–Trinajstić information content (AvgIpc) is 3.42. The Balaban J connectivity index is 1.80. The summed E-state index contributed by atoms with van der Waals surface area (Å²) in [7, 11) is 3.16. The van der Waals surface area contributed by atoms with Crippen LogP contribution in [0.25, 0.3) is 26.3 Å². The molecule has 0 bridgehead atoms. The van der Waals surface area contributed by atoms with E-state index in [1.165, 1.54) is 24.5 Å². The number of hydrogen-bond acceptors (Lipinski definition) is 9. The van der Waals surface area contributed by atoms with Crippen LogP contribution < -0.4 is 25.1 Å². The van der Waals surface area contributed by atoms with Gasteiger partial charge in [0, 0.05) is 30.5 Å². The van der Waals surface area contributed by atoms with Crippen LogP contribution in [-0.2, 0) is 22.6 Å². The summed E-state index contributed by atoms with van der Waals surface area (Å²) in [4.78, 5) is 40.5. The average molecular weight is 628 g/mol. The molecule has 0 radical (unpaired) electrons. The third-order valence-electron chi connectivity index (χ3n) is 6.94. The number of thiophene rings is 1. The predicted octanol–water partition coefficient (Wildman–Crippen LogP) is 6.33. The first-order valence-corrected chi connectivity index (χ1v) is 15.0. The molecule has 0 atom stereocenters. The Kier molecular flexibility index (Phi) is 9.81. The highest BCUT2D eigenvalue weighted by molar-refractivity contribution is 7.22. The van der Waals surface area contributed by atoms with E-state index < -0.39 is 11.6 Å². The number of carbonyl (C=O) groups excluding carboxylic acids is 2. The molecule has 5 aromatic rings. The van der Waals surface area contributed by atoms with Crippen molar-refractivity contribution in [3.05, 3.63) is 106 Å². The van der Waals surface area contributed by atoms with Gasteiger partial charge in [0.2, 0.25) is 11.3 Å². The molecule has 0 spiro atoms. The number of nitrogens with zero attached hydrogens (tertiary/aromatic N) is 2. The van der Waals surface area contributed by atoms with Gasteiger partial charge in [0.05, 0.1) is 38.1 Å². The number of aromatic nitrogens is 1. The monoisotopic (exact) mass is 627 g/mol. The predicted molar refractivity (Wildman–Crippen MR) is 173 cm³/mol. The molecule has 5 rings (SSSR count). The minimum atomic E-state index is -0.989. The van der Waals surface area contributed by atoms with Crippen molar-refractivity contribution in [1.29, 1.82) is 0 Å². The first-order chi connectivity index (χ1) is 21.8. The first kappa shape index (κ1) is 31.3. The number of para-hydroxylation sites is 2. The van der Waals surface area contributed by atoms with E-state index in [1.54, 1.807) is 30.7 Å². The van der Waals surface area contributed by atoms with E-state index in [0.29, 0.717) is 39.5 Å². The van der Waals surface area contributed by atoms with E-state index in [-0.39, 0.29) is 24.8 Å². The van der Waals surface area contributed by atoms with Gasteiger partial charge in [-0.25, -0.2) is 9.80 Å². The zero-order valence-corrected chi connectivity index (χ0v) is 26.2. The van der Waals surface area contributed by atoms with Crippen LogP contribution in [-0.4, -0.2) is 42.5 Å². The van der Waals surface area contributed by atoms with Crippen LogP contribution >= 0.6 is 11.3 Å². The molecule has 1 amide bonds. The number of rotatable bonds is 11. The van der Waals surface area contributed by atoms with Gasteiger partial charge in [0.25, 0.3) is 0 Å². The second-order valence-electron chi connectivity index (χ2n) is 9.98. The lowest BCUT2D eigenvalue weighted by molar-refractivity contribution is -0.124. The van der Waals surface area contributed by atoms with Crippen molar-refractivity contribution in [1.82, 2.24) is 15.0 Å². The normalized spacial score (nSPS) is 11.0. The van der Waals surface area contributed by atoms with Gasteiger partial charge in [0.15, 0.2) is 5.75 Å². The molecule has 10 nitrogen and oxygen atoms in total. The van der Waals surface area contributed by atoms with Gasteiger partial charge in [-0.05, 0) is 54.4 Å². The quantitative estimate of drug-likeness (QED) is 0.134. The van der Waals surface area contributed by atoms with Crippen LogP contribution in [0.2, 0.25) is 0 Å². The Morgan fingerprint density at radius 3 is 2.27 bits per heavy atom. The third-order valence-corrected chi connectivity index (χ3v) is 8.22. The van der Waals surface area contributed by atoms with Crippen LogP contribution in [0.1, 0.15) is 25.0 Å². The summed E-state index contributed by atoms with van der Waals surface area (Å²) in [6.45, 7) is 3.71. The molecular weight excluding hydrogens is 594 g/mol. The van der Waals surface area contributed by atoms with E-state index in [9.17, 15) is 14.4 Å². The Morgan fingerprint density at radius 1 is 0.889 bits per heavy atom. The third kappa shape index (κ3) is 7.00. The van der Waals surface area contributed by atoms with Crippen LogP contribution in [0.4, 0.5) is 4.79 Å². The lowest BCUT2D eigenvalue weighted by Crippen LogP contribution is -2.40. The van der Waals surface area contributed by atoms with Crippen molar-refractivity contribution >= 4 is 33.6 Å². The molecule has 2 aromatic heterocycles. The van der Waals surface area contributed by atoms with Crippen molar-refractivity contribution < 1.29 is 28.5 Å². The SMILES string of the molecule is CCOC(=O)Oc1cn(-c2ccccc2OC)c2sc(-c3ccc(OC)cc3)c(CN(Cc3ccccc3)NC(C)=O)c2c1=O. The molecule has 0 saturated heterocycles. The fraction of sp³-hybridized carbons (Fsp3) is 0.206. The van der Waals surface area contributed by atoms with Crippen molar-refractivity contribution in [2.24, 2.45) is 0 Å². The topological polar surface area (TPSA) is 108 Å². The number of fused-ring (bicyclic) bond motifs is 1. The fourth-order valence-electron chi connectivity index (χ4n) is 5.01. The molecule has 1 N–H and O–H groups in total. The summed E-state index contributed by atoms with van der Waals surface area (Å²) in [5.41, 5.74) is 5.52. The number of benzene rings is 3. The number of carbonyl (C=O) groups is 2. The summed E-state index contributed by atoms with van der Waals surface area (Å²) in [5, 5.41) is 2.10. The molecule has 0 aliphatic heterocycles. The summed E-state index contributed by atoms with van der Waals surface area (Å²) >= 11 is 1.41. The minimum absolute atomic E-state index is 0.0816. The number of nitrogens with one attached hydrogen (secondary N) is 1. The van der Waals surface area contributed by atoms with Gasteiger partial charge >= 0.3 is 6.16 Å². The molecule has 0 aliphatic rings. The highest BCUT2D eigenvalue weighted by Crippen LogP contribution is 2.41. The molecular formula is C34H33N3O7S. The lowest BCUT2D eigenvalue weighted by Gasteiger charge is -2.23.